The molecule has 1 aromatic rings. The zero-order valence-electron chi connectivity index (χ0n) is 11.5. The minimum absolute atomic E-state index is 0.186. The fraction of sp³-hybridized carbons (Fsp3) is 0.538. The predicted octanol–water partition coefficient (Wildman–Crippen LogP) is 1.66. The third-order valence-electron chi connectivity index (χ3n) is 2.32. The van der Waals surface area contributed by atoms with Crippen LogP contribution in [0, 0.1) is 11.7 Å². The number of carbonyl (C=O) groups excluding carboxylic acids is 1. The van der Waals surface area contributed by atoms with E-state index in [0.29, 0.717) is 31.5 Å². The van der Waals surface area contributed by atoms with E-state index < -0.39 is 5.82 Å². The van der Waals surface area contributed by atoms with Crippen molar-refractivity contribution in [3.8, 4) is 0 Å². The molecule has 0 aliphatic carbocycles. The Morgan fingerprint density at radius 1 is 1.53 bits per heavy atom. The highest BCUT2D eigenvalue weighted by atomic mass is 19.1. The smallest absolute Gasteiger partial charge is 0.255 e. The maximum Gasteiger partial charge on any atom is 0.255 e. The standard InChI is InChI=1S/C13H20FN3O2/c1-9(2)8-19-5-4-16-13(18)11-6-10(14)7-17-12(11)15-3/h6-7,9H,4-5,8H2,1-3H3,(H,15,17)(H,16,18). The van der Waals surface area contributed by atoms with Gasteiger partial charge in [0.15, 0.2) is 0 Å². The summed E-state index contributed by atoms with van der Waals surface area (Å²) in [5, 5.41) is 5.41. The highest BCUT2D eigenvalue weighted by Crippen LogP contribution is 2.12. The van der Waals surface area contributed by atoms with Crippen LogP contribution in [0.25, 0.3) is 0 Å². The number of ether oxygens (including phenoxy) is 1. The second-order valence-corrected chi connectivity index (χ2v) is 4.52. The largest absolute Gasteiger partial charge is 0.379 e. The summed E-state index contributed by atoms with van der Waals surface area (Å²) < 4.78 is 18.4. The number of halogens is 1. The molecule has 0 radical (unpaired) electrons. The molecule has 19 heavy (non-hydrogen) atoms. The molecule has 1 amide bonds. The molecular formula is C13H20FN3O2. The molecule has 0 aliphatic heterocycles. The van der Waals surface area contributed by atoms with Crippen LogP contribution in [0.4, 0.5) is 10.2 Å². The van der Waals surface area contributed by atoms with E-state index in [0.717, 1.165) is 12.3 Å². The quantitative estimate of drug-likeness (QED) is 0.739. The van der Waals surface area contributed by atoms with Crippen LogP contribution in [0.5, 0.6) is 0 Å². The van der Waals surface area contributed by atoms with Crippen molar-refractivity contribution < 1.29 is 13.9 Å². The number of pyridine rings is 1. The summed E-state index contributed by atoms with van der Waals surface area (Å²) in [5.74, 6) is -0.106. The van der Waals surface area contributed by atoms with E-state index in [9.17, 15) is 9.18 Å². The molecule has 5 nitrogen and oxygen atoms in total. The van der Waals surface area contributed by atoms with Gasteiger partial charge in [-0.1, -0.05) is 13.8 Å². The number of hydrogen-bond acceptors (Lipinski definition) is 4. The van der Waals surface area contributed by atoms with E-state index >= 15 is 0 Å². The van der Waals surface area contributed by atoms with E-state index in [1.807, 2.05) is 0 Å². The molecule has 106 valence electrons. The summed E-state index contributed by atoms with van der Waals surface area (Å²) in [4.78, 5) is 15.7. The van der Waals surface area contributed by atoms with Crippen LogP contribution >= 0.6 is 0 Å². The van der Waals surface area contributed by atoms with Crippen LogP contribution in [0.3, 0.4) is 0 Å². The number of hydrogen-bond donors (Lipinski definition) is 2. The van der Waals surface area contributed by atoms with Gasteiger partial charge in [-0.15, -0.1) is 0 Å². The minimum atomic E-state index is -0.541. The topological polar surface area (TPSA) is 63.2 Å². The number of anilines is 1. The molecule has 0 unspecified atom stereocenters. The van der Waals surface area contributed by atoms with E-state index in [2.05, 4.69) is 29.5 Å². The molecular weight excluding hydrogens is 249 g/mol. The van der Waals surface area contributed by atoms with Crippen molar-refractivity contribution in [2.75, 3.05) is 32.1 Å². The van der Waals surface area contributed by atoms with Crippen LogP contribution < -0.4 is 10.6 Å². The number of amides is 1. The average Bonchev–Trinajstić information content (AvgIpc) is 2.37. The molecule has 6 heteroatoms. The Labute approximate surface area is 112 Å². The lowest BCUT2D eigenvalue weighted by Gasteiger charge is -2.10. The lowest BCUT2D eigenvalue weighted by Crippen LogP contribution is -2.28. The SMILES string of the molecule is CNc1ncc(F)cc1C(=O)NCCOCC(C)C. The first-order valence-electron chi connectivity index (χ1n) is 6.23. The summed E-state index contributed by atoms with van der Waals surface area (Å²) in [5.41, 5.74) is 0.186. The van der Waals surface area contributed by atoms with Crippen LogP contribution in [-0.4, -0.2) is 37.7 Å². The second kappa shape index (κ2) is 7.68. The Morgan fingerprint density at radius 2 is 2.26 bits per heavy atom. The van der Waals surface area contributed by atoms with Crippen molar-refractivity contribution >= 4 is 11.7 Å². The van der Waals surface area contributed by atoms with Crippen molar-refractivity contribution in [1.82, 2.24) is 10.3 Å². The summed E-state index contributed by atoms with van der Waals surface area (Å²) in [7, 11) is 1.63. The third kappa shape index (κ3) is 5.21. The highest BCUT2D eigenvalue weighted by molar-refractivity contribution is 5.98. The molecule has 0 saturated carbocycles. The zero-order valence-corrected chi connectivity index (χ0v) is 11.5. The molecule has 0 bridgehead atoms. The fourth-order valence-corrected chi connectivity index (χ4v) is 1.46. The van der Waals surface area contributed by atoms with Gasteiger partial charge in [0.2, 0.25) is 0 Å². The monoisotopic (exact) mass is 269 g/mol. The van der Waals surface area contributed by atoms with Gasteiger partial charge >= 0.3 is 0 Å². The molecule has 0 aromatic carbocycles. The van der Waals surface area contributed by atoms with Gasteiger partial charge in [-0.3, -0.25) is 4.79 Å². The van der Waals surface area contributed by atoms with Crippen LogP contribution in [0.1, 0.15) is 24.2 Å². The minimum Gasteiger partial charge on any atom is -0.379 e. The van der Waals surface area contributed by atoms with E-state index in [1.165, 1.54) is 0 Å². The Balaban J connectivity index is 2.47. The maximum absolute atomic E-state index is 13.1. The van der Waals surface area contributed by atoms with Crippen LogP contribution in [-0.2, 0) is 4.74 Å². The molecule has 0 aliphatic rings. The van der Waals surface area contributed by atoms with Crippen LogP contribution in [0.2, 0.25) is 0 Å². The van der Waals surface area contributed by atoms with Gasteiger partial charge in [-0.05, 0) is 12.0 Å². The number of rotatable bonds is 7. The number of carbonyl (C=O) groups is 1. The van der Waals surface area contributed by atoms with Crippen molar-refractivity contribution in [3.63, 3.8) is 0 Å². The first kappa shape index (κ1) is 15.4. The molecule has 0 fully saturated rings. The van der Waals surface area contributed by atoms with Crippen molar-refractivity contribution in [3.05, 3.63) is 23.6 Å². The first-order chi connectivity index (χ1) is 9.04. The molecule has 1 aromatic heterocycles. The molecule has 0 saturated heterocycles. The summed E-state index contributed by atoms with van der Waals surface area (Å²) >= 11 is 0. The van der Waals surface area contributed by atoms with Crippen LogP contribution in [0.15, 0.2) is 12.3 Å². The fourth-order valence-electron chi connectivity index (χ4n) is 1.46. The highest BCUT2D eigenvalue weighted by Gasteiger charge is 2.12. The Bertz CT molecular complexity index is 424. The van der Waals surface area contributed by atoms with Crippen molar-refractivity contribution in [2.45, 2.75) is 13.8 Å². The third-order valence-corrected chi connectivity index (χ3v) is 2.32. The Kier molecular flexibility index (Phi) is 6.21. The average molecular weight is 269 g/mol. The van der Waals surface area contributed by atoms with Gasteiger partial charge < -0.3 is 15.4 Å². The van der Waals surface area contributed by atoms with Crippen molar-refractivity contribution in [2.24, 2.45) is 5.92 Å². The normalized spacial score (nSPS) is 10.6. The van der Waals surface area contributed by atoms with Gasteiger partial charge in [0.25, 0.3) is 5.91 Å². The van der Waals surface area contributed by atoms with Gasteiger partial charge in [0, 0.05) is 20.2 Å². The number of nitrogens with one attached hydrogen (secondary N) is 2. The lowest BCUT2D eigenvalue weighted by atomic mass is 10.2. The Hall–Kier alpha value is -1.69. The first-order valence-corrected chi connectivity index (χ1v) is 6.23. The molecule has 1 heterocycles. The van der Waals surface area contributed by atoms with Crippen molar-refractivity contribution in [1.29, 1.82) is 0 Å². The zero-order chi connectivity index (χ0) is 14.3. The maximum atomic E-state index is 13.1. The Morgan fingerprint density at radius 3 is 2.89 bits per heavy atom. The molecule has 1 rings (SSSR count). The summed E-state index contributed by atoms with van der Waals surface area (Å²) in [6.07, 6.45) is 1.06. The number of nitrogens with zero attached hydrogens (tertiary/aromatic N) is 1. The molecule has 2 N–H and O–H groups in total. The molecule has 0 atom stereocenters. The summed E-state index contributed by atoms with van der Waals surface area (Å²) in [6, 6.07) is 1.16. The van der Waals surface area contributed by atoms with Gasteiger partial charge in [-0.2, -0.15) is 0 Å². The van der Waals surface area contributed by atoms with Gasteiger partial charge in [-0.25, -0.2) is 9.37 Å². The van der Waals surface area contributed by atoms with E-state index in [4.69, 9.17) is 4.74 Å². The van der Waals surface area contributed by atoms with Gasteiger partial charge in [0.1, 0.15) is 11.6 Å². The lowest BCUT2D eigenvalue weighted by molar-refractivity contribution is 0.0886. The van der Waals surface area contributed by atoms with Gasteiger partial charge in [0.05, 0.1) is 18.4 Å². The van der Waals surface area contributed by atoms with E-state index in [1.54, 1.807) is 7.05 Å². The number of aromatic nitrogens is 1. The summed E-state index contributed by atoms with van der Waals surface area (Å²) in [6.45, 7) is 5.57. The van der Waals surface area contributed by atoms with E-state index in [-0.39, 0.29) is 11.5 Å². The molecule has 0 spiro atoms. The predicted molar refractivity (Wildman–Crippen MR) is 71.7 cm³/mol. The second-order valence-electron chi connectivity index (χ2n) is 4.52.